The number of nitrogens with two attached hydrogens (primary N) is 1. The maximum Gasteiger partial charge on any atom is 0.127 e. The van der Waals surface area contributed by atoms with E-state index in [1.54, 1.807) is 7.11 Å². The van der Waals surface area contributed by atoms with Crippen molar-refractivity contribution in [2.24, 2.45) is 11.1 Å². The van der Waals surface area contributed by atoms with Crippen molar-refractivity contribution in [2.45, 2.75) is 32.2 Å². The Morgan fingerprint density at radius 2 is 2.21 bits per heavy atom. The van der Waals surface area contributed by atoms with Gasteiger partial charge in [0.25, 0.3) is 0 Å². The smallest absolute Gasteiger partial charge is 0.127 e. The first-order chi connectivity index (χ1) is 9.10. The van der Waals surface area contributed by atoms with Crippen LogP contribution in [0.5, 0.6) is 11.5 Å². The Balaban J connectivity index is 2.12. The van der Waals surface area contributed by atoms with Crippen LogP contribution in [0.2, 0.25) is 0 Å². The number of nitriles is 1. The standard InChI is InChI=1S/C15H20N2O2/c1-11(17)13-4-3-12(18-2)9-14(13)19-10-15(5-6-15)7-8-16/h3-4,9,11H,5-7,10,17H2,1-2H3. The van der Waals surface area contributed by atoms with Crippen molar-refractivity contribution in [2.75, 3.05) is 13.7 Å². The average Bonchev–Trinajstić information content (AvgIpc) is 3.16. The predicted molar refractivity (Wildman–Crippen MR) is 73.0 cm³/mol. The molecule has 0 amide bonds. The van der Waals surface area contributed by atoms with Crippen LogP contribution in [0.4, 0.5) is 0 Å². The highest BCUT2D eigenvalue weighted by Crippen LogP contribution is 2.49. The van der Waals surface area contributed by atoms with Crippen molar-refractivity contribution in [3.63, 3.8) is 0 Å². The van der Waals surface area contributed by atoms with E-state index in [0.717, 1.165) is 29.9 Å². The van der Waals surface area contributed by atoms with Gasteiger partial charge in [-0.3, -0.25) is 0 Å². The van der Waals surface area contributed by atoms with Crippen molar-refractivity contribution in [3.8, 4) is 17.6 Å². The first-order valence-electron chi connectivity index (χ1n) is 6.53. The summed E-state index contributed by atoms with van der Waals surface area (Å²) in [5, 5.41) is 8.82. The highest BCUT2D eigenvalue weighted by molar-refractivity contribution is 5.42. The van der Waals surface area contributed by atoms with Gasteiger partial charge in [-0.05, 0) is 25.8 Å². The summed E-state index contributed by atoms with van der Waals surface area (Å²) < 4.78 is 11.1. The fraction of sp³-hybridized carbons (Fsp3) is 0.533. The third-order valence-electron chi connectivity index (χ3n) is 3.66. The predicted octanol–water partition coefficient (Wildman–Crippen LogP) is 2.79. The Bertz CT molecular complexity index is 487. The molecule has 1 aliphatic rings. The number of hydrogen-bond acceptors (Lipinski definition) is 4. The molecule has 1 unspecified atom stereocenters. The van der Waals surface area contributed by atoms with Crippen molar-refractivity contribution in [3.05, 3.63) is 23.8 Å². The average molecular weight is 260 g/mol. The molecule has 102 valence electrons. The lowest BCUT2D eigenvalue weighted by atomic mass is 10.0. The van der Waals surface area contributed by atoms with Crippen LogP contribution in [0.1, 0.15) is 37.8 Å². The van der Waals surface area contributed by atoms with Crippen molar-refractivity contribution >= 4 is 0 Å². The molecule has 1 aromatic rings. The van der Waals surface area contributed by atoms with Crippen LogP contribution < -0.4 is 15.2 Å². The summed E-state index contributed by atoms with van der Waals surface area (Å²) in [6, 6.07) is 7.82. The van der Waals surface area contributed by atoms with E-state index in [9.17, 15) is 0 Å². The first kappa shape index (κ1) is 13.7. The van der Waals surface area contributed by atoms with Gasteiger partial charge in [0.1, 0.15) is 11.5 Å². The molecular weight excluding hydrogens is 240 g/mol. The molecule has 19 heavy (non-hydrogen) atoms. The van der Waals surface area contributed by atoms with Gasteiger partial charge >= 0.3 is 0 Å². The van der Waals surface area contributed by atoms with Crippen LogP contribution in [0, 0.1) is 16.7 Å². The van der Waals surface area contributed by atoms with E-state index in [2.05, 4.69) is 6.07 Å². The molecule has 4 nitrogen and oxygen atoms in total. The van der Waals surface area contributed by atoms with Gasteiger partial charge in [0.2, 0.25) is 0 Å². The Morgan fingerprint density at radius 1 is 1.47 bits per heavy atom. The lowest BCUT2D eigenvalue weighted by molar-refractivity contribution is 0.233. The summed E-state index contributed by atoms with van der Waals surface area (Å²) in [6.07, 6.45) is 2.70. The maximum atomic E-state index is 8.82. The molecule has 1 atom stereocenters. The fourth-order valence-corrected chi connectivity index (χ4v) is 2.09. The molecule has 2 N–H and O–H groups in total. The molecule has 1 fully saturated rings. The number of nitrogens with zero attached hydrogens (tertiary/aromatic N) is 1. The highest BCUT2D eigenvalue weighted by Gasteiger charge is 2.43. The SMILES string of the molecule is COc1ccc(C(C)N)c(OCC2(CC#N)CC2)c1. The molecule has 0 heterocycles. The number of rotatable bonds is 6. The van der Waals surface area contributed by atoms with Gasteiger partial charge in [0.15, 0.2) is 0 Å². The molecule has 0 radical (unpaired) electrons. The number of ether oxygens (including phenoxy) is 2. The Kier molecular flexibility index (Phi) is 3.96. The highest BCUT2D eigenvalue weighted by atomic mass is 16.5. The van der Waals surface area contributed by atoms with E-state index in [1.165, 1.54) is 0 Å². The molecule has 0 aliphatic heterocycles. The summed E-state index contributed by atoms with van der Waals surface area (Å²) >= 11 is 0. The van der Waals surface area contributed by atoms with Gasteiger partial charge in [0.05, 0.1) is 19.8 Å². The van der Waals surface area contributed by atoms with E-state index >= 15 is 0 Å². The molecule has 1 saturated carbocycles. The molecule has 4 heteroatoms. The summed E-state index contributed by atoms with van der Waals surface area (Å²) in [7, 11) is 1.63. The zero-order valence-electron chi connectivity index (χ0n) is 11.5. The van der Waals surface area contributed by atoms with E-state index < -0.39 is 0 Å². The Labute approximate surface area is 114 Å². The van der Waals surface area contributed by atoms with Crippen LogP contribution in [0.3, 0.4) is 0 Å². The van der Waals surface area contributed by atoms with Crippen molar-refractivity contribution in [1.29, 1.82) is 5.26 Å². The lowest BCUT2D eigenvalue weighted by Crippen LogP contribution is -2.15. The number of methoxy groups -OCH3 is 1. The quantitative estimate of drug-likeness (QED) is 0.854. The molecule has 0 bridgehead atoms. The third-order valence-corrected chi connectivity index (χ3v) is 3.66. The van der Waals surface area contributed by atoms with E-state index in [0.29, 0.717) is 13.0 Å². The molecule has 1 aromatic carbocycles. The molecule has 1 aliphatic carbocycles. The second-order valence-electron chi connectivity index (χ2n) is 5.32. The minimum Gasteiger partial charge on any atom is -0.497 e. The monoisotopic (exact) mass is 260 g/mol. The largest absolute Gasteiger partial charge is 0.497 e. The van der Waals surface area contributed by atoms with Gasteiger partial charge in [-0.2, -0.15) is 5.26 Å². The van der Waals surface area contributed by atoms with E-state index in [1.807, 2.05) is 25.1 Å². The second-order valence-corrected chi connectivity index (χ2v) is 5.32. The summed E-state index contributed by atoms with van der Waals surface area (Å²) in [6.45, 7) is 2.50. The zero-order valence-corrected chi connectivity index (χ0v) is 11.5. The minimum atomic E-state index is -0.0907. The van der Waals surface area contributed by atoms with Crippen LogP contribution in [-0.2, 0) is 0 Å². The number of hydrogen-bond donors (Lipinski definition) is 1. The first-order valence-corrected chi connectivity index (χ1v) is 6.53. The van der Waals surface area contributed by atoms with Crippen molar-refractivity contribution in [1.82, 2.24) is 0 Å². The maximum absolute atomic E-state index is 8.82. The summed E-state index contributed by atoms with van der Waals surface area (Å²) in [5.41, 5.74) is 6.98. The van der Waals surface area contributed by atoms with E-state index in [-0.39, 0.29) is 11.5 Å². The molecular formula is C15H20N2O2. The molecule has 0 spiro atoms. The van der Waals surface area contributed by atoms with Crippen molar-refractivity contribution < 1.29 is 9.47 Å². The van der Waals surface area contributed by atoms with Gasteiger partial charge < -0.3 is 15.2 Å². The summed E-state index contributed by atoms with van der Waals surface area (Å²) in [5.74, 6) is 1.52. The van der Waals surface area contributed by atoms with Gasteiger partial charge in [-0.25, -0.2) is 0 Å². The Hall–Kier alpha value is -1.73. The second kappa shape index (κ2) is 5.50. The van der Waals surface area contributed by atoms with Crippen LogP contribution in [0.25, 0.3) is 0 Å². The molecule has 2 rings (SSSR count). The van der Waals surface area contributed by atoms with Crippen LogP contribution in [-0.4, -0.2) is 13.7 Å². The minimum absolute atomic E-state index is 0.0624. The third kappa shape index (κ3) is 3.18. The Morgan fingerprint density at radius 3 is 2.74 bits per heavy atom. The van der Waals surface area contributed by atoms with Gasteiger partial charge in [0, 0.05) is 29.5 Å². The lowest BCUT2D eigenvalue weighted by Gasteiger charge is -2.18. The zero-order chi connectivity index (χ0) is 13.9. The van der Waals surface area contributed by atoms with Gasteiger partial charge in [-0.15, -0.1) is 0 Å². The molecule has 0 saturated heterocycles. The molecule has 0 aromatic heterocycles. The van der Waals surface area contributed by atoms with Crippen LogP contribution in [0.15, 0.2) is 18.2 Å². The van der Waals surface area contributed by atoms with E-state index in [4.69, 9.17) is 20.5 Å². The van der Waals surface area contributed by atoms with Gasteiger partial charge in [-0.1, -0.05) is 6.07 Å². The fourth-order valence-electron chi connectivity index (χ4n) is 2.09. The summed E-state index contributed by atoms with van der Waals surface area (Å²) in [4.78, 5) is 0. The topological polar surface area (TPSA) is 68.3 Å². The van der Waals surface area contributed by atoms with Crippen LogP contribution >= 0.6 is 0 Å². The normalized spacial score (nSPS) is 17.4. The number of benzene rings is 1.